The number of amides is 1. The molecule has 0 atom stereocenters. The molecule has 0 bridgehead atoms. The number of hydrogen-bond acceptors (Lipinski definition) is 3. The number of anilines is 1. The second-order valence-corrected chi connectivity index (χ2v) is 5.80. The Kier molecular flexibility index (Phi) is 3.69. The van der Waals surface area contributed by atoms with Gasteiger partial charge in [-0.15, -0.1) is 0 Å². The molecule has 1 saturated heterocycles. The topological polar surface area (TPSA) is 55.6 Å². The van der Waals surface area contributed by atoms with E-state index in [4.69, 9.17) is 10.5 Å². The third-order valence-corrected chi connectivity index (χ3v) is 3.53. The molecule has 1 aromatic rings. The highest BCUT2D eigenvalue weighted by atomic mass is 16.5. The second-order valence-electron chi connectivity index (χ2n) is 5.80. The summed E-state index contributed by atoms with van der Waals surface area (Å²) >= 11 is 0. The number of nitrogens with two attached hydrogens (primary N) is 1. The average Bonchev–Trinajstić information content (AvgIpc) is 2.72. The van der Waals surface area contributed by atoms with E-state index in [1.807, 2.05) is 11.8 Å². The number of benzene rings is 1. The molecule has 0 unspecified atom stereocenters. The van der Waals surface area contributed by atoms with Crippen molar-refractivity contribution in [3.8, 4) is 5.75 Å². The van der Waals surface area contributed by atoms with Crippen LogP contribution in [0.2, 0.25) is 0 Å². The van der Waals surface area contributed by atoms with Crippen LogP contribution < -0.4 is 10.5 Å². The highest BCUT2D eigenvalue weighted by molar-refractivity contribution is 5.98. The number of carbonyl (C=O) groups excluding carboxylic acids is 1. The molecule has 4 heteroatoms. The fraction of sp³-hybridized carbons (Fsp3) is 0.533. The molecule has 1 aromatic carbocycles. The van der Waals surface area contributed by atoms with Crippen LogP contribution in [0.5, 0.6) is 5.75 Å². The van der Waals surface area contributed by atoms with Gasteiger partial charge in [0.05, 0.1) is 17.9 Å². The Morgan fingerprint density at radius 3 is 2.79 bits per heavy atom. The van der Waals surface area contributed by atoms with E-state index < -0.39 is 0 Å². The molecule has 0 aromatic heterocycles. The third kappa shape index (κ3) is 2.83. The maximum Gasteiger partial charge on any atom is 0.257 e. The van der Waals surface area contributed by atoms with E-state index in [9.17, 15) is 4.79 Å². The molecule has 1 amide bonds. The first-order chi connectivity index (χ1) is 8.94. The molecule has 1 fully saturated rings. The largest absolute Gasteiger partial charge is 0.491 e. The Balaban J connectivity index is 2.27. The first-order valence-electron chi connectivity index (χ1n) is 6.75. The molecule has 104 valence electrons. The van der Waals surface area contributed by atoms with Crippen molar-refractivity contribution in [2.75, 3.05) is 25.4 Å². The molecular formula is C15H22N2O2. The van der Waals surface area contributed by atoms with E-state index in [1.165, 1.54) is 0 Å². The molecule has 1 aliphatic heterocycles. The molecule has 19 heavy (non-hydrogen) atoms. The number of nitrogens with zero attached hydrogens (tertiary/aromatic N) is 1. The van der Waals surface area contributed by atoms with Gasteiger partial charge in [0.15, 0.2) is 5.75 Å². The molecule has 0 spiro atoms. The van der Waals surface area contributed by atoms with Crippen LogP contribution in [0.4, 0.5) is 5.69 Å². The first-order valence-corrected chi connectivity index (χ1v) is 6.75. The number of ether oxygens (including phenoxy) is 1. The molecule has 0 aliphatic carbocycles. The van der Waals surface area contributed by atoms with Crippen molar-refractivity contribution < 1.29 is 9.53 Å². The van der Waals surface area contributed by atoms with Crippen LogP contribution >= 0.6 is 0 Å². The van der Waals surface area contributed by atoms with E-state index in [2.05, 4.69) is 13.8 Å². The number of rotatable bonds is 3. The summed E-state index contributed by atoms with van der Waals surface area (Å²) < 4.78 is 5.53. The van der Waals surface area contributed by atoms with E-state index >= 15 is 0 Å². The molecule has 0 radical (unpaired) electrons. The van der Waals surface area contributed by atoms with Gasteiger partial charge in [-0.05, 0) is 30.9 Å². The summed E-state index contributed by atoms with van der Waals surface area (Å²) in [5.41, 5.74) is 7.19. The molecule has 1 heterocycles. The van der Waals surface area contributed by atoms with Crippen molar-refractivity contribution in [3.63, 3.8) is 0 Å². The lowest BCUT2D eigenvalue weighted by Crippen LogP contribution is -2.30. The third-order valence-electron chi connectivity index (χ3n) is 3.53. The Bertz CT molecular complexity index is 483. The van der Waals surface area contributed by atoms with Crippen molar-refractivity contribution in [2.24, 2.45) is 5.41 Å². The Morgan fingerprint density at radius 2 is 2.21 bits per heavy atom. The number of hydrogen-bond donors (Lipinski definition) is 1. The van der Waals surface area contributed by atoms with Gasteiger partial charge in [0.1, 0.15) is 0 Å². The van der Waals surface area contributed by atoms with Gasteiger partial charge in [0.25, 0.3) is 5.91 Å². The Morgan fingerprint density at radius 1 is 1.47 bits per heavy atom. The maximum atomic E-state index is 12.6. The van der Waals surface area contributed by atoms with E-state index in [-0.39, 0.29) is 11.3 Å². The lowest BCUT2D eigenvalue weighted by atomic mass is 9.93. The van der Waals surface area contributed by atoms with Crippen LogP contribution in [0.1, 0.15) is 37.6 Å². The zero-order chi connectivity index (χ0) is 14.0. The van der Waals surface area contributed by atoms with Gasteiger partial charge in [0, 0.05) is 13.1 Å². The number of para-hydroxylation sites is 1. The van der Waals surface area contributed by atoms with Crippen LogP contribution in [-0.2, 0) is 0 Å². The van der Waals surface area contributed by atoms with Crippen molar-refractivity contribution in [1.82, 2.24) is 4.90 Å². The predicted octanol–water partition coefficient (Wildman–Crippen LogP) is 2.54. The number of nitrogen functional groups attached to an aromatic ring is 1. The van der Waals surface area contributed by atoms with Crippen molar-refractivity contribution >= 4 is 11.6 Å². The normalized spacial score (nSPS) is 17.5. The van der Waals surface area contributed by atoms with E-state index in [0.29, 0.717) is 23.6 Å². The summed E-state index contributed by atoms with van der Waals surface area (Å²) in [4.78, 5) is 14.5. The summed E-state index contributed by atoms with van der Waals surface area (Å²) in [6, 6.07) is 5.34. The van der Waals surface area contributed by atoms with Crippen LogP contribution in [0.15, 0.2) is 18.2 Å². The number of likely N-dealkylation sites (tertiary alicyclic amines) is 1. The van der Waals surface area contributed by atoms with Crippen LogP contribution in [0, 0.1) is 5.41 Å². The SMILES string of the molecule is CCOc1c(N)cccc1C(=O)N1CCC(C)(C)C1. The fourth-order valence-electron chi connectivity index (χ4n) is 2.48. The van der Waals surface area contributed by atoms with Gasteiger partial charge in [-0.1, -0.05) is 19.9 Å². The average molecular weight is 262 g/mol. The minimum atomic E-state index is 0.0151. The zero-order valence-corrected chi connectivity index (χ0v) is 11.9. The van der Waals surface area contributed by atoms with Crippen molar-refractivity contribution in [3.05, 3.63) is 23.8 Å². The molecule has 2 rings (SSSR count). The molecule has 2 N–H and O–H groups in total. The standard InChI is InChI=1S/C15H22N2O2/c1-4-19-13-11(6-5-7-12(13)16)14(18)17-9-8-15(2,3)10-17/h5-7H,4,8-10,16H2,1-3H3. The molecular weight excluding hydrogens is 240 g/mol. The van der Waals surface area contributed by atoms with Crippen LogP contribution in [0.25, 0.3) is 0 Å². The first kappa shape index (κ1) is 13.7. The second kappa shape index (κ2) is 5.11. The molecule has 0 saturated carbocycles. The highest BCUT2D eigenvalue weighted by Crippen LogP contribution is 2.33. The minimum absolute atomic E-state index is 0.0151. The van der Waals surface area contributed by atoms with Crippen LogP contribution in [-0.4, -0.2) is 30.5 Å². The predicted molar refractivity (Wildman–Crippen MR) is 76.3 cm³/mol. The summed E-state index contributed by atoms with van der Waals surface area (Å²) in [5, 5.41) is 0. The minimum Gasteiger partial charge on any atom is -0.491 e. The van der Waals surface area contributed by atoms with Gasteiger partial charge in [-0.2, -0.15) is 0 Å². The Hall–Kier alpha value is -1.71. The highest BCUT2D eigenvalue weighted by Gasteiger charge is 2.33. The summed E-state index contributed by atoms with van der Waals surface area (Å²) in [6.07, 6.45) is 1.03. The zero-order valence-electron chi connectivity index (χ0n) is 11.9. The lowest BCUT2D eigenvalue weighted by Gasteiger charge is -2.21. The van der Waals surface area contributed by atoms with Gasteiger partial charge < -0.3 is 15.4 Å². The monoisotopic (exact) mass is 262 g/mol. The quantitative estimate of drug-likeness (QED) is 0.852. The lowest BCUT2D eigenvalue weighted by molar-refractivity contribution is 0.0774. The summed E-state index contributed by atoms with van der Waals surface area (Å²) in [7, 11) is 0. The van der Waals surface area contributed by atoms with Crippen molar-refractivity contribution in [2.45, 2.75) is 27.2 Å². The van der Waals surface area contributed by atoms with Gasteiger partial charge >= 0.3 is 0 Å². The smallest absolute Gasteiger partial charge is 0.257 e. The van der Waals surface area contributed by atoms with E-state index in [0.717, 1.165) is 19.5 Å². The summed E-state index contributed by atoms with van der Waals surface area (Å²) in [6.45, 7) is 8.34. The number of carbonyl (C=O) groups is 1. The van der Waals surface area contributed by atoms with E-state index in [1.54, 1.807) is 18.2 Å². The van der Waals surface area contributed by atoms with Crippen molar-refractivity contribution in [1.29, 1.82) is 0 Å². The Labute approximate surface area is 114 Å². The molecule has 1 aliphatic rings. The molecule has 4 nitrogen and oxygen atoms in total. The van der Waals surface area contributed by atoms with Gasteiger partial charge in [-0.3, -0.25) is 4.79 Å². The van der Waals surface area contributed by atoms with Gasteiger partial charge in [-0.25, -0.2) is 0 Å². The van der Waals surface area contributed by atoms with Gasteiger partial charge in [0.2, 0.25) is 0 Å². The van der Waals surface area contributed by atoms with Crippen LogP contribution in [0.3, 0.4) is 0 Å². The summed E-state index contributed by atoms with van der Waals surface area (Å²) in [5.74, 6) is 0.529. The maximum absolute atomic E-state index is 12.6. The fourth-order valence-corrected chi connectivity index (χ4v) is 2.48.